The third kappa shape index (κ3) is 3.23. The summed E-state index contributed by atoms with van der Waals surface area (Å²) in [7, 11) is 2.09. The first-order valence-corrected chi connectivity index (χ1v) is 10.8. The topological polar surface area (TPSA) is 40.1 Å². The number of nitrogens with one attached hydrogen (secondary N) is 1. The summed E-state index contributed by atoms with van der Waals surface area (Å²) in [6.07, 6.45) is 1.93. The van der Waals surface area contributed by atoms with E-state index in [-0.39, 0.29) is 0 Å². The van der Waals surface area contributed by atoms with Crippen molar-refractivity contribution >= 4 is 29.1 Å². The average Bonchev–Trinajstić information content (AvgIpc) is 3.32. The Morgan fingerprint density at radius 2 is 1.86 bits per heavy atom. The van der Waals surface area contributed by atoms with E-state index < -0.39 is 5.79 Å². The van der Waals surface area contributed by atoms with Crippen LogP contribution in [0.2, 0.25) is 0 Å². The third-order valence-electron chi connectivity index (χ3n) is 5.62. The maximum atomic E-state index is 5.67. The predicted octanol–water partition coefficient (Wildman–Crippen LogP) is 4.57. The molecule has 1 atom stereocenters. The van der Waals surface area contributed by atoms with Gasteiger partial charge in [-0.25, -0.2) is 4.99 Å². The van der Waals surface area contributed by atoms with E-state index in [1.54, 1.807) is 11.3 Å². The highest BCUT2D eigenvalue weighted by molar-refractivity contribution is 7.13. The number of morpholine rings is 1. The van der Waals surface area contributed by atoms with Gasteiger partial charge in [0.2, 0.25) is 0 Å². The number of fused-ring (bicyclic) bond motifs is 1. The van der Waals surface area contributed by atoms with Gasteiger partial charge in [0.25, 0.3) is 0 Å². The molecule has 0 radical (unpaired) electrons. The molecule has 3 aromatic rings. The molecule has 1 fully saturated rings. The standard InChI is InChI=1S/C23H24N4OS/c1-26-17-24-21-10-9-18(22-8-5-15-29-22)16-20(21)23(26,27-11-13-28-14-12-27)25-19-6-3-2-4-7-19/h2-10,15-17,25H,11-14H2,1H3. The van der Waals surface area contributed by atoms with Crippen LogP contribution in [0.15, 0.2) is 71.0 Å². The van der Waals surface area contributed by atoms with Crippen LogP contribution in [0.4, 0.5) is 11.4 Å². The first kappa shape index (κ1) is 18.4. The number of benzene rings is 2. The molecule has 2 aliphatic heterocycles. The minimum Gasteiger partial charge on any atom is -0.379 e. The minimum atomic E-state index is -0.532. The molecule has 5 rings (SSSR count). The van der Waals surface area contributed by atoms with Gasteiger partial charge in [0, 0.05) is 36.3 Å². The molecule has 0 saturated carbocycles. The monoisotopic (exact) mass is 404 g/mol. The summed E-state index contributed by atoms with van der Waals surface area (Å²) in [5.74, 6) is -0.532. The Morgan fingerprint density at radius 3 is 2.62 bits per heavy atom. The molecule has 0 bridgehead atoms. The Balaban J connectivity index is 1.68. The number of aliphatic imine (C=N–C) groups is 1. The lowest BCUT2D eigenvalue weighted by molar-refractivity contribution is -0.0577. The van der Waals surface area contributed by atoms with E-state index in [1.807, 2.05) is 12.4 Å². The smallest absolute Gasteiger partial charge is 0.199 e. The highest BCUT2D eigenvalue weighted by Gasteiger charge is 2.46. The third-order valence-corrected chi connectivity index (χ3v) is 6.54. The van der Waals surface area contributed by atoms with E-state index in [1.165, 1.54) is 16.0 Å². The van der Waals surface area contributed by atoms with Crippen LogP contribution in [-0.4, -0.2) is 49.5 Å². The normalized spacial score (nSPS) is 21.8. The van der Waals surface area contributed by atoms with Gasteiger partial charge in [0.1, 0.15) is 0 Å². The fourth-order valence-corrected chi connectivity index (χ4v) is 4.91. The molecule has 6 heteroatoms. The molecule has 3 heterocycles. The van der Waals surface area contributed by atoms with Crippen LogP contribution in [0.3, 0.4) is 0 Å². The molecule has 0 amide bonds. The van der Waals surface area contributed by atoms with Gasteiger partial charge in [-0.15, -0.1) is 11.3 Å². The van der Waals surface area contributed by atoms with Crippen molar-refractivity contribution in [2.75, 3.05) is 38.7 Å². The van der Waals surface area contributed by atoms with Crippen LogP contribution in [0.1, 0.15) is 5.56 Å². The van der Waals surface area contributed by atoms with E-state index in [2.05, 4.69) is 82.1 Å². The molecule has 1 aromatic heterocycles. The second-order valence-corrected chi connectivity index (χ2v) is 8.28. The molecule has 1 N–H and O–H groups in total. The fourth-order valence-electron chi connectivity index (χ4n) is 4.18. The van der Waals surface area contributed by atoms with E-state index in [4.69, 9.17) is 9.73 Å². The zero-order valence-electron chi connectivity index (χ0n) is 16.4. The molecular formula is C23H24N4OS. The van der Waals surface area contributed by atoms with Gasteiger partial charge in [-0.1, -0.05) is 30.3 Å². The zero-order valence-corrected chi connectivity index (χ0v) is 17.2. The molecule has 5 nitrogen and oxygen atoms in total. The van der Waals surface area contributed by atoms with Crippen molar-refractivity contribution < 1.29 is 4.74 Å². The lowest BCUT2D eigenvalue weighted by atomic mass is 9.96. The summed E-state index contributed by atoms with van der Waals surface area (Å²) in [4.78, 5) is 10.6. The number of thiophene rings is 1. The average molecular weight is 405 g/mol. The Labute approximate surface area is 175 Å². The van der Waals surface area contributed by atoms with Gasteiger partial charge < -0.3 is 15.0 Å². The van der Waals surface area contributed by atoms with Gasteiger partial charge in [0.15, 0.2) is 5.79 Å². The van der Waals surface area contributed by atoms with Crippen LogP contribution in [0, 0.1) is 0 Å². The van der Waals surface area contributed by atoms with E-state index in [0.29, 0.717) is 0 Å². The van der Waals surface area contributed by atoms with E-state index in [0.717, 1.165) is 37.7 Å². The number of anilines is 1. The molecule has 1 unspecified atom stereocenters. The zero-order chi connectivity index (χ0) is 19.7. The van der Waals surface area contributed by atoms with Crippen LogP contribution in [-0.2, 0) is 10.5 Å². The highest BCUT2D eigenvalue weighted by Crippen LogP contribution is 2.43. The molecule has 0 spiro atoms. The quantitative estimate of drug-likeness (QED) is 0.691. The summed E-state index contributed by atoms with van der Waals surface area (Å²) < 4.78 is 5.67. The number of hydrogen-bond acceptors (Lipinski definition) is 6. The summed E-state index contributed by atoms with van der Waals surface area (Å²) in [5, 5.41) is 5.97. The van der Waals surface area contributed by atoms with E-state index >= 15 is 0 Å². The Hall–Kier alpha value is -2.67. The maximum absolute atomic E-state index is 5.67. The van der Waals surface area contributed by atoms with Gasteiger partial charge >= 0.3 is 0 Å². The van der Waals surface area contributed by atoms with Gasteiger partial charge in [0.05, 0.1) is 25.2 Å². The fraction of sp³-hybridized carbons (Fsp3) is 0.261. The summed E-state index contributed by atoms with van der Waals surface area (Å²) >= 11 is 1.76. The number of ether oxygens (including phenoxy) is 1. The van der Waals surface area contributed by atoms with Crippen molar-refractivity contribution in [3.63, 3.8) is 0 Å². The van der Waals surface area contributed by atoms with Crippen LogP contribution < -0.4 is 5.32 Å². The molecule has 29 heavy (non-hydrogen) atoms. The van der Waals surface area contributed by atoms with Crippen molar-refractivity contribution in [1.29, 1.82) is 0 Å². The van der Waals surface area contributed by atoms with Crippen LogP contribution in [0.25, 0.3) is 10.4 Å². The van der Waals surface area contributed by atoms with E-state index in [9.17, 15) is 0 Å². The second kappa shape index (κ2) is 7.63. The predicted molar refractivity (Wildman–Crippen MR) is 120 cm³/mol. The van der Waals surface area contributed by atoms with Crippen molar-refractivity contribution in [1.82, 2.24) is 9.80 Å². The lowest BCUT2D eigenvalue weighted by Crippen LogP contribution is -2.64. The summed E-state index contributed by atoms with van der Waals surface area (Å²) in [5.41, 5.74) is 4.46. The van der Waals surface area contributed by atoms with Gasteiger partial charge in [-0.2, -0.15) is 0 Å². The highest BCUT2D eigenvalue weighted by atomic mass is 32.1. The summed E-state index contributed by atoms with van der Waals surface area (Å²) in [6, 6.07) is 21.3. The number of para-hydroxylation sites is 1. The van der Waals surface area contributed by atoms with Gasteiger partial charge in [-0.05, 0) is 41.3 Å². The van der Waals surface area contributed by atoms with Crippen molar-refractivity contribution in [3.05, 3.63) is 71.6 Å². The summed E-state index contributed by atoms with van der Waals surface area (Å²) in [6.45, 7) is 3.15. The van der Waals surface area contributed by atoms with Crippen molar-refractivity contribution in [3.8, 4) is 10.4 Å². The largest absolute Gasteiger partial charge is 0.379 e. The molecule has 0 aliphatic carbocycles. The molecule has 1 saturated heterocycles. The van der Waals surface area contributed by atoms with Gasteiger partial charge in [-0.3, -0.25) is 4.90 Å². The molecular weight excluding hydrogens is 380 g/mol. The minimum absolute atomic E-state index is 0.532. The van der Waals surface area contributed by atoms with Crippen molar-refractivity contribution in [2.45, 2.75) is 5.79 Å². The Kier molecular flexibility index (Phi) is 4.83. The molecule has 2 aliphatic rings. The Bertz CT molecular complexity index is 999. The Morgan fingerprint density at radius 1 is 1.03 bits per heavy atom. The number of nitrogens with zero attached hydrogens (tertiary/aromatic N) is 3. The lowest BCUT2D eigenvalue weighted by Gasteiger charge is -2.52. The molecule has 2 aromatic carbocycles. The number of hydrogen-bond donors (Lipinski definition) is 1. The SMILES string of the molecule is CN1C=Nc2ccc(-c3cccs3)cc2C1(Nc1ccccc1)N1CCOCC1. The first-order chi connectivity index (χ1) is 14.3. The molecule has 148 valence electrons. The van der Waals surface area contributed by atoms with Crippen molar-refractivity contribution in [2.24, 2.45) is 4.99 Å². The maximum Gasteiger partial charge on any atom is 0.199 e. The first-order valence-electron chi connectivity index (χ1n) is 9.89. The number of rotatable bonds is 4. The van der Waals surface area contributed by atoms with Crippen LogP contribution in [0.5, 0.6) is 0 Å². The second-order valence-electron chi connectivity index (χ2n) is 7.33. The van der Waals surface area contributed by atoms with Crippen LogP contribution >= 0.6 is 11.3 Å².